The van der Waals surface area contributed by atoms with Gasteiger partial charge in [-0.05, 0) is 25.1 Å². The molecule has 21 heavy (non-hydrogen) atoms. The van der Waals surface area contributed by atoms with Crippen LogP contribution in [0.1, 0.15) is 16.1 Å². The maximum absolute atomic E-state index is 13.0. The molecule has 0 atom stereocenters. The minimum atomic E-state index is -1.35. The number of ether oxygens (including phenoxy) is 1. The molecule has 0 radical (unpaired) electrons. The van der Waals surface area contributed by atoms with Gasteiger partial charge in [0.25, 0.3) is 5.91 Å². The summed E-state index contributed by atoms with van der Waals surface area (Å²) in [5.74, 6) is -2.57. The zero-order valence-electron chi connectivity index (χ0n) is 10.9. The van der Waals surface area contributed by atoms with Crippen LogP contribution < -0.4 is 10.1 Å². The highest BCUT2D eigenvalue weighted by Crippen LogP contribution is 2.19. The van der Waals surface area contributed by atoms with Gasteiger partial charge in [0, 0.05) is 6.07 Å². The molecule has 1 heterocycles. The van der Waals surface area contributed by atoms with Crippen molar-refractivity contribution in [2.45, 2.75) is 6.92 Å². The molecule has 0 fully saturated rings. The van der Waals surface area contributed by atoms with Gasteiger partial charge in [0.05, 0.1) is 5.69 Å². The van der Waals surface area contributed by atoms with Gasteiger partial charge < -0.3 is 14.4 Å². The lowest BCUT2D eigenvalue weighted by molar-refractivity contribution is -0.118. The van der Waals surface area contributed by atoms with Crippen molar-refractivity contribution < 1.29 is 28.3 Å². The first-order valence-corrected chi connectivity index (χ1v) is 5.84. The van der Waals surface area contributed by atoms with E-state index in [4.69, 9.17) is 14.4 Å². The number of carbonyl (C=O) groups is 2. The maximum Gasteiger partial charge on any atom is 0.339 e. The summed E-state index contributed by atoms with van der Waals surface area (Å²) in [4.78, 5) is 22.5. The molecule has 0 aliphatic rings. The van der Waals surface area contributed by atoms with E-state index in [-0.39, 0.29) is 17.2 Å². The smallest absolute Gasteiger partial charge is 0.339 e. The second-order valence-electron chi connectivity index (χ2n) is 4.12. The lowest BCUT2D eigenvalue weighted by Gasteiger charge is -2.08. The van der Waals surface area contributed by atoms with Gasteiger partial charge in [0.2, 0.25) is 5.88 Å². The Hall–Kier alpha value is -2.90. The fraction of sp³-hybridized carbons (Fsp3) is 0.154. The summed E-state index contributed by atoms with van der Waals surface area (Å²) in [5, 5.41) is 14.9. The Bertz CT molecular complexity index is 683. The average Bonchev–Trinajstić information content (AvgIpc) is 2.82. The number of rotatable bonds is 5. The molecule has 8 heteroatoms. The Labute approximate surface area is 118 Å². The number of benzene rings is 1. The fourth-order valence-corrected chi connectivity index (χ4v) is 1.53. The first-order chi connectivity index (χ1) is 9.95. The van der Waals surface area contributed by atoms with Crippen LogP contribution >= 0.6 is 0 Å². The molecule has 1 amide bonds. The SMILES string of the molecule is Cc1cc(NC(=O)COc2ccc(F)cc2C(=O)O)on1. The summed E-state index contributed by atoms with van der Waals surface area (Å²) < 4.78 is 22.8. The Morgan fingerprint density at radius 1 is 1.43 bits per heavy atom. The van der Waals surface area contributed by atoms with E-state index in [1.54, 1.807) is 6.92 Å². The summed E-state index contributed by atoms with van der Waals surface area (Å²) in [6.07, 6.45) is 0. The molecule has 0 bridgehead atoms. The first kappa shape index (κ1) is 14.5. The number of aromatic nitrogens is 1. The molecule has 0 aliphatic carbocycles. The summed E-state index contributed by atoms with van der Waals surface area (Å²) in [6, 6.07) is 4.51. The van der Waals surface area contributed by atoms with E-state index in [0.717, 1.165) is 18.2 Å². The molecular weight excluding hydrogens is 283 g/mol. The molecule has 0 unspecified atom stereocenters. The number of hydrogen-bond donors (Lipinski definition) is 2. The van der Waals surface area contributed by atoms with Crippen LogP contribution in [0.3, 0.4) is 0 Å². The molecule has 2 aromatic rings. The van der Waals surface area contributed by atoms with Crippen LogP contribution in [0.15, 0.2) is 28.8 Å². The van der Waals surface area contributed by atoms with Crippen LogP contribution in [0.4, 0.5) is 10.3 Å². The normalized spacial score (nSPS) is 10.2. The molecule has 2 rings (SSSR count). The summed E-state index contributed by atoms with van der Waals surface area (Å²) in [6.45, 7) is 1.24. The van der Waals surface area contributed by atoms with E-state index in [2.05, 4.69) is 10.5 Å². The topological polar surface area (TPSA) is 102 Å². The van der Waals surface area contributed by atoms with Crippen molar-refractivity contribution in [1.29, 1.82) is 0 Å². The number of carbonyl (C=O) groups excluding carboxylic acids is 1. The molecule has 110 valence electrons. The van der Waals surface area contributed by atoms with E-state index in [0.29, 0.717) is 5.69 Å². The quantitative estimate of drug-likeness (QED) is 0.872. The summed E-state index contributed by atoms with van der Waals surface area (Å²) >= 11 is 0. The average molecular weight is 294 g/mol. The van der Waals surface area contributed by atoms with Crippen LogP contribution in [0, 0.1) is 12.7 Å². The number of aryl methyl sites for hydroxylation is 1. The second-order valence-corrected chi connectivity index (χ2v) is 4.12. The number of hydrogen-bond acceptors (Lipinski definition) is 5. The van der Waals surface area contributed by atoms with Crippen LogP contribution in [0.2, 0.25) is 0 Å². The summed E-state index contributed by atoms with van der Waals surface area (Å²) in [7, 11) is 0. The molecule has 0 saturated carbocycles. The predicted molar refractivity (Wildman–Crippen MR) is 68.7 cm³/mol. The molecule has 0 spiro atoms. The Morgan fingerprint density at radius 2 is 2.19 bits per heavy atom. The van der Waals surface area contributed by atoms with Gasteiger partial charge in [-0.15, -0.1) is 0 Å². The predicted octanol–water partition coefficient (Wildman–Crippen LogP) is 1.84. The van der Waals surface area contributed by atoms with Crippen LogP contribution in [0.25, 0.3) is 0 Å². The van der Waals surface area contributed by atoms with E-state index >= 15 is 0 Å². The number of halogens is 1. The van der Waals surface area contributed by atoms with Gasteiger partial charge in [-0.3, -0.25) is 10.1 Å². The highest BCUT2D eigenvalue weighted by atomic mass is 19.1. The standard InChI is InChI=1S/C13H11FN2O5/c1-7-4-12(21-16-7)15-11(17)6-20-10-3-2-8(14)5-9(10)13(18)19/h2-5H,6H2,1H3,(H,15,17)(H,18,19). The van der Waals surface area contributed by atoms with E-state index in [1.807, 2.05) is 0 Å². The number of nitrogens with one attached hydrogen (secondary N) is 1. The van der Waals surface area contributed by atoms with Gasteiger partial charge in [-0.1, -0.05) is 5.16 Å². The third-order valence-electron chi connectivity index (χ3n) is 2.42. The zero-order chi connectivity index (χ0) is 15.4. The zero-order valence-corrected chi connectivity index (χ0v) is 10.9. The molecule has 1 aromatic heterocycles. The number of amides is 1. The maximum atomic E-state index is 13.0. The molecule has 7 nitrogen and oxygen atoms in total. The van der Waals surface area contributed by atoms with Gasteiger partial charge in [0.1, 0.15) is 17.1 Å². The van der Waals surface area contributed by atoms with E-state index in [1.165, 1.54) is 6.07 Å². The van der Waals surface area contributed by atoms with Crippen LogP contribution in [-0.2, 0) is 4.79 Å². The summed E-state index contributed by atoms with van der Waals surface area (Å²) in [5.41, 5.74) is 0.233. The van der Waals surface area contributed by atoms with E-state index in [9.17, 15) is 14.0 Å². The Balaban J connectivity index is 1.99. The molecular formula is C13H11FN2O5. The second kappa shape index (κ2) is 6.04. The largest absolute Gasteiger partial charge is 0.483 e. The van der Waals surface area contributed by atoms with Crippen molar-refractivity contribution in [3.63, 3.8) is 0 Å². The lowest BCUT2D eigenvalue weighted by atomic mass is 10.2. The first-order valence-electron chi connectivity index (χ1n) is 5.84. The lowest BCUT2D eigenvalue weighted by Crippen LogP contribution is -2.20. The molecule has 2 N–H and O–H groups in total. The Kier molecular flexibility index (Phi) is 4.17. The minimum absolute atomic E-state index is 0.104. The third kappa shape index (κ3) is 3.78. The molecule has 1 aromatic carbocycles. The number of aromatic carboxylic acids is 1. The van der Waals surface area contributed by atoms with Crippen molar-refractivity contribution in [1.82, 2.24) is 5.16 Å². The van der Waals surface area contributed by atoms with Gasteiger partial charge in [-0.25, -0.2) is 9.18 Å². The number of nitrogens with zero attached hydrogens (tertiary/aromatic N) is 1. The third-order valence-corrected chi connectivity index (χ3v) is 2.42. The van der Waals surface area contributed by atoms with Crippen molar-refractivity contribution in [3.05, 3.63) is 41.3 Å². The highest BCUT2D eigenvalue weighted by Gasteiger charge is 2.14. The van der Waals surface area contributed by atoms with Crippen LogP contribution in [-0.4, -0.2) is 28.7 Å². The van der Waals surface area contributed by atoms with Gasteiger partial charge >= 0.3 is 5.97 Å². The molecule has 0 saturated heterocycles. The van der Waals surface area contributed by atoms with E-state index < -0.39 is 24.3 Å². The number of carboxylic acid groups (broad SMARTS) is 1. The van der Waals surface area contributed by atoms with Crippen molar-refractivity contribution in [3.8, 4) is 5.75 Å². The number of anilines is 1. The monoisotopic (exact) mass is 294 g/mol. The van der Waals surface area contributed by atoms with Gasteiger partial charge in [-0.2, -0.15) is 0 Å². The van der Waals surface area contributed by atoms with Gasteiger partial charge in [0.15, 0.2) is 6.61 Å². The minimum Gasteiger partial charge on any atom is -0.483 e. The molecule has 0 aliphatic heterocycles. The fourth-order valence-electron chi connectivity index (χ4n) is 1.53. The van der Waals surface area contributed by atoms with Crippen molar-refractivity contribution in [2.75, 3.05) is 11.9 Å². The Morgan fingerprint density at radius 3 is 2.81 bits per heavy atom. The number of carboxylic acids is 1. The highest BCUT2D eigenvalue weighted by molar-refractivity contribution is 5.92. The van der Waals surface area contributed by atoms with Crippen LogP contribution in [0.5, 0.6) is 5.75 Å². The van der Waals surface area contributed by atoms with Crippen molar-refractivity contribution >= 4 is 17.8 Å². The van der Waals surface area contributed by atoms with Crippen molar-refractivity contribution in [2.24, 2.45) is 0 Å².